The molecule has 1 aromatic carbocycles. The number of sulfonamides is 1. The van der Waals surface area contributed by atoms with Crippen LogP contribution < -0.4 is 4.72 Å². The lowest BCUT2D eigenvalue weighted by molar-refractivity contribution is 0.604. The summed E-state index contributed by atoms with van der Waals surface area (Å²) >= 11 is 0. The molecule has 0 aliphatic carbocycles. The molecule has 3 nitrogen and oxygen atoms in total. The van der Waals surface area contributed by atoms with Gasteiger partial charge in [0.25, 0.3) is 0 Å². The fourth-order valence-electron chi connectivity index (χ4n) is 1.58. The van der Waals surface area contributed by atoms with Gasteiger partial charge in [0, 0.05) is 5.56 Å². The molecule has 0 radical (unpaired) electrons. The van der Waals surface area contributed by atoms with Gasteiger partial charge in [-0.05, 0) is 18.6 Å². The van der Waals surface area contributed by atoms with Gasteiger partial charge in [-0.25, -0.2) is 8.42 Å². The van der Waals surface area contributed by atoms with E-state index in [-0.39, 0.29) is 5.75 Å². The Balaban J connectivity index is 2.63. The molecule has 1 aliphatic heterocycles. The zero-order valence-electron chi connectivity index (χ0n) is 7.82. The minimum absolute atomic E-state index is 0.0700. The quantitative estimate of drug-likeness (QED) is 0.708. The first kappa shape index (κ1) is 9.27. The van der Waals surface area contributed by atoms with Crippen molar-refractivity contribution in [1.29, 1.82) is 0 Å². The van der Waals surface area contributed by atoms with Gasteiger partial charge in [0.2, 0.25) is 10.0 Å². The maximum atomic E-state index is 11.4. The summed E-state index contributed by atoms with van der Waals surface area (Å²) in [5, 5.41) is 0. The van der Waals surface area contributed by atoms with Gasteiger partial charge in [-0.3, -0.25) is 4.72 Å². The number of hydrogen-bond acceptors (Lipinski definition) is 2. The fraction of sp³-hybridized carbons (Fsp3) is 0.200. The van der Waals surface area contributed by atoms with E-state index < -0.39 is 10.0 Å². The van der Waals surface area contributed by atoms with E-state index in [1.807, 2.05) is 31.2 Å². The second-order valence-corrected chi connectivity index (χ2v) is 4.94. The normalized spacial score (nSPS) is 21.4. The van der Waals surface area contributed by atoms with Crippen molar-refractivity contribution in [2.45, 2.75) is 6.92 Å². The van der Waals surface area contributed by atoms with Crippen LogP contribution in [0.1, 0.15) is 12.5 Å². The molecule has 14 heavy (non-hydrogen) atoms. The molecule has 0 fully saturated rings. The highest BCUT2D eigenvalue weighted by Gasteiger charge is 2.22. The Bertz CT molecular complexity index is 489. The van der Waals surface area contributed by atoms with Gasteiger partial charge in [0.05, 0.1) is 11.4 Å². The summed E-state index contributed by atoms with van der Waals surface area (Å²) in [5.41, 5.74) is 2.51. The van der Waals surface area contributed by atoms with Gasteiger partial charge in [-0.1, -0.05) is 24.3 Å². The second kappa shape index (κ2) is 3.13. The molecule has 1 aromatic rings. The number of hydrogen-bond donors (Lipinski definition) is 1. The van der Waals surface area contributed by atoms with Crippen LogP contribution >= 0.6 is 0 Å². The maximum absolute atomic E-state index is 11.4. The third-order valence-electron chi connectivity index (χ3n) is 2.23. The first-order valence-corrected chi connectivity index (χ1v) is 6.03. The van der Waals surface area contributed by atoms with E-state index >= 15 is 0 Å². The third-order valence-corrected chi connectivity index (χ3v) is 3.45. The lowest BCUT2D eigenvalue weighted by Crippen LogP contribution is -2.23. The monoisotopic (exact) mass is 209 g/mol. The fourth-order valence-corrected chi connectivity index (χ4v) is 2.89. The van der Waals surface area contributed by atoms with Gasteiger partial charge in [-0.15, -0.1) is 0 Å². The number of para-hydroxylation sites is 1. The van der Waals surface area contributed by atoms with Gasteiger partial charge in [0.1, 0.15) is 0 Å². The SMILES string of the molecule is C/C=C1/CS(=O)(=O)Nc2ccccc21. The Morgan fingerprint density at radius 2 is 2.07 bits per heavy atom. The molecule has 1 N–H and O–H groups in total. The summed E-state index contributed by atoms with van der Waals surface area (Å²) in [6.07, 6.45) is 1.84. The van der Waals surface area contributed by atoms with Crippen LogP contribution in [0.3, 0.4) is 0 Å². The summed E-state index contributed by atoms with van der Waals surface area (Å²) in [5.74, 6) is 0.0700. The van der Waals surface area contributed by atoms with E-state index in [1.165, 1.54) is 0 Å². The molecule has 0 saturated carbocycles. The van der Waals surface area contributed by atoms with Crippen LogP contribution in [0.2, 0.25) is 0 Å². The average molecular weight is 209 g/mol. The molecule has 0 atom stereocenters. The first-order valence-electron chi connectivity index (χ1n) is 4.37. The Labute approximate surface area is 83.5 Å². The predicted molar refractivity (Wildman–Crippen MR) is 57.5 cm³/mol. The van der Waals surface area contributed by atoms with E-state index in [1.54, 1.807) is 6.07 Å². The number of allylic oxidation sites excluding steroid dienone is 1. The van der Waals surface area contributed by atoms with Crippen molar-refractivity contribution in [3.05, 3.63) is 35.9 Å². The molecule has 74 valence electrons. The largest absolute Gasteiger partial charge is 0.283 e. The summed E-state index contributed by atoms with van der Waals surface area (Å²) < 4.78 is 25.4. The lowest BCUT2D eigenvalue weighted by atomic mass is 10.1. The van der Waals surface area contributed by atoms with E-state index in [0.717, 1.165) is 11.1 Å². The number of benzene rings is 1. The van der Waals surface area contributed by atoms with Gasteiger partial charge in [0.15, 0.2) is 0 Å². The van der Waals surface area contributed by atoms with Crippen molar-refractivity contribution in [1.82, 2.24) is 0 Å². The lowest BCUT2D eigenvalue weighted by Gasteiger charge is -2.20. The summed E-state index contributed by atoms with van der Waals surface area (Å²) in [6.45, 7) is 1.85. The van der Waals surface area contributed by atoms with Crippen molar-refractivity contribution in [2.75, 3.05) is 10.5 Å². The molecular formula is C10H11NO2S. The van der Waals surface area contributed by atoms with Crippen LogP contribution in [0, 0.1) is 0 Å². The van der Waals surface area contributed by atoms with Crippen LogP contribution in [0.15, 0.2) is 30.3 Å². The number of fused-ring (bicyclic) bond motifs is 1. The Hall–Kier alpha value is -1.29. The van der Waals surface area contributed by atoms with Crippen LogP contribution in [-0.4, -0.2) is 14.2 Å². The molecule has 0 spiro atoms. The standard InChI is InChI=1S/C10H11NO2S/c1-2-8-7-14(12,13)11-10-6-4-3-5-9(8)10/h2-6,11H,7H2,1H3/b8-2-. The van der Waals surface area contributed by atoms with E-state index in [2.05, 4.69) is 4.72 Å². The van der Waals surface area contributed by atoms with E-state index in [4.69, 9.17) is 0 Å². The molecular weight excluding hydrogens is 198 g/mol. The van der Waals surface area contributed by atoms with Crippen molar-refractivity contribution < 1.29 is 8.42 Å². The summed E-state index contributed by atoms with van der Waals surface area (Å²) in [7, 11) is -3.18. The highest BCUT2D eigenvalue weighted by Crippen LogP contribution is 2.30. The van der Waals surface area contributed by atoms with Crippen LogP contribution in [-0.2, 0) is 10.0 Å². The maximum Gasteiger partial charge on any atom is 0.236 e. The Morgan fingerprint density at radius 1 is 1.36 bits per heavy atom. The molecule has 4 heteroatoms. The van der Waals surface area contributed by atoms with Crippen molar-refractivity contribution in [3.8, 4) is 0 Å². The third kappa shape index (κ3) is 1.53. The van der Waals surface area contributed by atoms with E-state index in [0.29, 0.717) is 5.69 Å². The zero-order chi connectivity index (χ0) is 10.2. The zero-order valence-corrected chi connectivity index (χ0v) is 8.64. The van der Waals surface area contributed by atoms with Gasteiger partial charge < -0.3 is 0 Å². The average Bonchev–Trinajstić information content (AvgIpc) is 2.15. The topological polar surface area (TPSA) is 46.2 Å². The highest BCUT2D eigenvalue weighted by molar-refractivity contribution is 7.93. The van der Waals surface area contributed by atoms with Crippen LogP contribution in [0.25, 0.3) is 5.57 Å². The Kier molecular flexibility index (Phi) is 2.07. The van der Waals surface area contributed by atoms with Crippen LogP contribution in [0.4, 0.5) is 5.69 Å². The molecule has 0 amide bonds. The number of nitrogens with one attached hydrogen (secondary N) is 1. The molecule has 1 aliphatic rings. The molecule has 0 bridgehead atoms. The number of rotatable bonds is 0. The summed E-state index contributed by atoms with van der Waals surface area (Å²) in [4.78, 5) is 0. The van der Waals surface area contributed by atoms with Gasteiger partial charge >= 0.3 is 0 Å². The molecule has 0 saturated heterocycles. The van der Waals surface area contributed by atoms with Gasteiger partial charge in [-0.2, -0.15) is 0 Å². The smallest absolute Gasteiger partial charge is 0.236 e. The van der Waals surface area contributed by atoms with Crippen LogP contribution in [0.5, 0.6) is 0 Å². The van der Waals surface area contributed by atoms with Crippen molar-refractivity contribution in [3.63, 3.8) is 0 Å². The molecule has 0 aromatic heterocycles. The second-order valence-electron chi connectivity index (χ2n) is 3.22. The molecule has 0 unspecified atom stereocenters. The predicted octanol–water partition coefficient (Wildman–Crippen LogP) is 1.85. The number of anilines is 1. The van der Waals surface area contributed by atoms with Crippen molar-refractivity contribution >= 4 is 21.3 Å². The highest BCUT2D eigenvalue weighted by atomic mass is 32.2. The van der Waals surface area contributed by atoms with Crippen molar-refractivity contribution in [2.24, 2.45) is 0 Å². The summed E-state index contributed by atoms with van der Waals surface area (Å²) in [6, 6.07) is 7.42. The van der Waals surface area contributed by atoms with E-state index in [9.17, 15) is 8.42 Å². The first-order chi connectivity index (χ1) is 6.62. The molecule has 2 rings (SSSR count). The minimum Gasteiger partial charge on any atom is -0.283 e. The molecule has 1 heterocycles. The Morgan fingerprint density at radius 3 is 2.79 bits per heavy atom. The minimum atomic E-state index is -3.18.